The van der Waals surface area contributed by atoms with E-state index in [1.165, 1.54) is 5.56 Å². The van der Waals surface area contributed by atoms with Crippen molar-refractivity contribution in [1.29, 1.82) is 0 Å². The molecule has 0 aliphatic rings. The van der Waals surface area contributed by atoms with Gasteiger partial charge in [0.2, 0.25) is 0 Å². The number of rotatable bonds is 6. The molecule has 0 radical (unpaired) electrons. The molecule has 0 saturated carbocycles. The highest BCUT2D eigenvalue weighted by atomic mass is 14.9. The van der Waals surface area contributed by atoms with Crippen LogP contribution in [-0.2, 0) is 5.41 Å². The number of hydrogen-bond donors (Lipinski definition) is 1. The van der Waals surface area contributed by atoms with E-state index < -0.39 is 0 Å². The second-order valence-corrected chi connectivity index (χ2v) is 8.03. The Morgan fingerprint density at radius 1 is 0.950 bits per heavy atom. The molecule has 114 valence electrons. The molecule has 1 aromatic carbocycles. The first-order valence-electron chi connectivity index (χ1n) is 7.92. The molecule has 0 heterocycles. The van der Waals surface area contributed by atoms with E-state index >= 15 is 0 Å². The normalized spacial score (nSPS) is 15.9. The fourth-order valence-corrected chi connectivity index (χ4v) is 2.53. The van der Waals surface area contributed by atoms with Gasteiger partial charge in [0.15, 0.2) is 0 Å². The van der Waals surface area contributed by atoms with Gasteiger partial charge in [0.05, 0.1) is 0 Å². The van der Waals surface area contributed by atoms with Gasteiger partial charge < -0.3 is 5.32 Å². The Morgan fingerprint density at radius 3 is 2.00 bits per heavy atom. The Hall–Kier alpha value is -0.820. The summed E-state index contributed by atoms with van der Waals surface area (Å²) in [5, 5.41) is 3.71. The molecule has 0 amide bonds. The van der Waals surface area contributed by atoms with Crippen LogP contribution in [0, 0.1) is 11.3 Å². The van der Waals surface area contributed by atoms with E-state index in [9.17, 15) is 0 Å². The van der Waals surface area contributed by atoms with E-state index in [2.05, 4.69) is 84.1 Å². The summed E-state index contributed by atoms with van der Waals surface area (Å²) in [5.41, 5.74) is 2.03. The lowest BCUT2D eigenvalue weighted by atomic mass is 9.79. The number of nitrogens with one attached hydrogen (secondary N) is 1. The van der Waals surface area contributed by atoms with Gasteiger partial charge in [-0.3, -0.25) is 0 Å². The van der Waals surface area contributed by atoms with E-state index in [-0.39, 0.29) is 5.41 Å². The Labute approximate surface area is 126 Å². The molecule has 0 aromatic heterocycles. The van der Waals surface area contributed by atoms with E-state index in [4.69, 9.17) is 0 Å². The van der Waals surface area contributed by atoms with Crippen LogP contribution in [0.2, 0.25) is 0 Å². The quantitative estimate of drug-likeness (QED) is 0.769. The first-order chi connectivity index (χ1) is 9.13. The lowest BCUT2D eigenvalue weighted by molar-refractivity contribution is 0.240. The molecule has 0 aliphatic carbocycles. The first-order valence-corrected chi connectivity index (χ1v) is 7.92. The summed E-state index contributed by atoms with van der Waals surface area (Å²) in [5.74, 6) is 0.685. The third kappa shape index (κ3) is 5.28. The fraction of sp³-hybridized carbons (Fsp3) is 0.684. The van der Waals surface area contributed by atoms with Gasteiger partial charge in [-0.1, -0.05) is 71.9 Å². The topological polar surface area (TPSA) is 12.0 Å². The van der Waals surface area contributed by atoms with Gasteiger partial charge in [0.25, 0.3) is 0 Å². The van der Waals surface area contributed by atoms with Crippen LogP contribution < -0.4 is 5.32 Å². The number of benzene rings is 1. The van der Waals surface area contributed by atoms with Gasteiger partial charge in [0.1, 0.15) is 0 Å². The average Bonchev–Trinajstić information content (AvgIpc) is 2.35. The monoisotopic (exact) mass is 275 g/mol. The van der Waals surface area contributed by atoms with Crippen molar-refractivity contribution < 1.29 is 0 Å². The summed E-state index contributed by atoms with van der Waals surface area (Å²) in [6.07, 6.45) is 1.16. The third-order valence-electron chi connectivity index (χ3n) is 4.62. The van der Waals surface area contributed by atoms with Crippen molar-refractivity contribution in [2.45, 2.75) is 66.3 Å². The summed E-state index contributed by atoms with van der Waals surface area (Å²) in [6.45, 7) is 17.4. The molecule has 1 rings (SSSR count). The zero-order valence-corrected chi connectivity index (χ0v) is 14.5. The second-order valence-electron chi connectivity index (χ2n) is 8.03. The largest absolute Gasteiger partial charge is 0.314 e. The number of hydrogen-bond acceptors (Lipinski definition) is 1. The molecule has 20 heavy (non-hydrogen) atoms. The van der Waals surface area contributed by atoms with Crippen molar-refractivity contribution in [2.24, 2.45) is 11.3 Å². The van der Waals surface area contributed by atoms with Crippen molar-refractivity contribution in [3.8, 4) is 0 Å². The predicted octanol–water partition coefficient (Wildman–Crippen LogP) is 5.01. The maximum Gasteiger partial charge on any atom is 0.00471 e. The van der Waals surface area contributed by atoms with Crippen LogP contribution in [0.1, 0.15) is 60.5 Å². The van der Waals surface area contributed by atoms with E-state index in [1.807, 2.05) is 0 Å². The third-order valence-corrected chi connectivity index (χ3v) is 4.62. The van der Waals surface area contributed by atoms with Crippen LogP contribution in [0.5, 0.6) is 0 Å². The predicted molar refractivity (Wildman–Crippen MR) is 90.2 cm³/mol. The maximum absolute atomic E-state index is 3.71. The minimum Gasteiger partial charge on any atom is -0.314 e. The summed E-state index contributed by atoms with van der Waals surface area (Å²) in [6, 6.07) is 11.4. The van der Waals surface area contributed by atoms with Crippen LogP contribution in [0.25, 0.3) is 0 Å². The van der Waals surface area contributed by atoms with Crippen molar-refractivity contribution in [3.63, 3.8) is 0 Å². The summed E-state index contributed by atoms with van der Waals surface area (Å²) < 4.78 is 0. The molecule has 0 spiro atoms. The molecule has 1 nitrogen and oxygen atoms in total. The van der Waals surface area contributed by atoms with E-state index in [1.54, 1.807) is 0 Å². The lowest BCUT2D eigenvalue weighted by Crippen LogP contribution is -2.38. The smallest absolute Gasteiger partial charge is 0.00471 e. The highest BCUT2D eigenvalue weighted by Crippen LogP contribution is 2.29. The van der Waals surface area contributed by atoms with Gasteiger partial charge >= 0.3 is 0 Å². The zero-order valence-electron chi connectivity index (χ0n) is 14.5. The van der Waals surface area contributed by atoms with E-state index in [0.717, 1.165) is 13.0 Å². The maximum atomic E-state index is 3.71. The average molecular weight is 275 g/mol. The molecule has 0 saturated heterocycles. The zero-order chi connectivity index (χ0) is 15.4. The summed E-state index contributed by atoms with van der Waals surface area (Å²) >= 11 is 0. The molecule has 0 fully saturated rings. The second kappa shape index (κ2) is 6.76. The van der Waals surface area contributed by atoms with Crippen molar-refractivity contribution >= 4 is 0 Å². The van der Waals surface area contributed by atoms with Crippen LogP contribution in [0.4, 0.5) is 0 Å². The molecule has 2 atom stereocenters. The minimum atomic E-state index is 0.221. The molecule has 2 unspecified atom stereocenters. The molecule has 1 N–H and O–H groups in total. The van der Waals surface area contributed by atoms with Crippen LogP contribution >= 0.6 is 0 Å². The SMILES string of the molecule is CC(CC(C)(C)c1ccccc1)NCC(C)C(C)(C)C. The molecule has 1 heteroatoms. The Kier molecular flexibility index (Phi) is 5.82. The Bertz CT molecular complexity index is 386. The molecule has 1 aromatic rings. The Morgan fingerprint density at radius 2 is 1.50 bits per heavy atom. The molecule has 0 aliphatic heterocycles. The van der Waals surface area contributed by atoms with Gasteiger partial charge in [-0.2, -0.15) is 0 Å². The standard InChI is InChI=1S/C19H33N/c1-15(18(3,4)5)14-20-16(2)13-19(6,7)17-11-9-8-10-12-17/h8-12,15-16,20H,13-14H2,1-7H3. The first kappa shape index (κ1) is 17.2. The lowest BCUT2D eigenvalue weighted by Gasteiger charge is -2.32. The van der Waals surface area contributed by atoms with Crippen LogP contribution in [0.15, 0.2) is 30.3 Å². The van der Waals surface area contributed by atoms with Crippen LogP contribution in [-0.4, -0.2) is 12.6 Å². The Balaban J connectivity index is 2.52. The van der Waals surface area contributed by atoms with E-state index in [0.29, 0.717) is 17.4 Å². The molecular weight excluding hydrogens is 242 g/mol. The highest BCUT2D eigenvalue weighted by Gasteiger charge is 2.24. The molecule has 0 bridgehead atoms. The summed E-state index contributed by atoms with van der Waals surface area (Å²) in [7, 11) is 0. The minimum absolute atomic E-state index is 0.221. The van der Waals surface area contributed by atoms with Crippen molar-refractivity contribution in [3.05, 3.63) is 35.9 Å². The van der Waals surface area contributed by atoms with Gasteiger partial charge in [-0.15, -0.1) is 0 Å². The van der Waals surface area contributed by atoms with Crippen LogP contribution in [0.3, 0.4) is 0 Å². The van der Waals surface area contributed by atoms with Gasteiger partial charge in [0, 0.05) is 6.04 Å². The highest BCUT2D eigenvalue weighted by molar-refractivity contribution is 5.23. The van der Waals surface area contributed by atoms with Crippen molar-refractivity contribution in [2.75, 3.05) is 6.54 Å². The fourth-order valence-electron chi connectivity index (χ4n) is 2.53. The van der Waals surface area contributed by atoms with Gasteiger partial charge in [-0.05, 0) is 42.2 Å². The summed E-state index contributed by atoms with van der Waals surface area (Å²) in [4.78, 5) is 0. The van der Waals surface area contributed by atoms with Crippen molar-refractivity contribution in [1.82, 2.24) is 5.32 Å². The van der Waals surface area contributed by atoms with Gasteiger partial charge in [-0.25, -0.2) is 0 Å². The molecular formula is C19H33N.